The Bertz CT molecular complexity index is 2930. The average molecular weight is 816 g/mol. The lowest BCUT2D eigenvalue weighted by atomic mass is 9.78. The molecule has 0 bridgehead atoms. The molecule has 0 aliphatic rings. The van der Waals surface area contributed by atoms with Gasteiger partial charge in [-0.25, -0.2) is 4.98 Å². The molecule has 0 aliphatic heterocycles. The first kappa shape index (κ1) is 42.4. The summed E-state index contributed by atoms with van der Waals surface area (Å²) in [4.78, 5) is 10.6. The zero-order valence-corrected chi connectivity index (χ0v) is 38.6. The zero-order valence-electron chi connectivity index (χ0n) is 38.6. The van der Waals surface area contributed by atoms with Crippen LogP contribution in [-0.4, -0.2) is 19.6 Å². The first-order valence-electron chi connectivity index (χ1n) is 22.0. The largest absolute Gasteiger partial charge is 0.507 e. The molecular formula is C58H61N3O. The molecule has 0 saturated heterocycles. The minimum Gasteiger partial charge on any atom is -0.507 e. The number of aromatic nitrogens is 3. The number of para-hydroxylation sites is 1. The van der Waals surface area contributed by atoms with Crippen LogP contribution in [0, 0.1) is 0 Å². The van der Waals surface area contributed by atoms with Gasteiger partial charge in [-0.2, -0.15) is 0 Å². The fraction of sp³-hybridized carbons (Fsp3) is 0.276. The van der Waals surface area contributed by atoms with Crippen LogP contribution < -0.4 is 0 Å². The number of imidazole rings is 1. The molecule has 2 heterocycles. The summed E-state index contributed by atoms with van der Waals surface area (Å²) in [6.45, 7) is 26.9. The predicted molar refractivity (Wildman–Crippen MR) is 263 cm³/mol. The van der Waals surface area contributed by atoms with Gasteiger partial charge in [0.1, 0.15) is 11.6 Å². The molecule has 2 aromatic heterocycles. The molecule has 0 fully saturated rings. The van der Waals surface area contributed by atoms with Crippen molar-refractivity contribution < 1.29 is 5.11 Å². The molecule has 0 saturated carbocycles. The Morgan fingerprint density at radius 1 is 0.435 bits per heavy atom. The number of phenols is 1. The summed E-state index contributed by atoms with van der Waals surface area (Å²) < 4.78 is 2.31. The van der Waals surface area contributed by atoms with E-state index in [-0.39, 0.29) is 27.4 Å². The van der Waals surface area contributed by atoms with Crippen molar-refractivity contribution in [1.82, 2.24) is 14.5 Å². The third kappa shape index (κ3) is 8.23. The van der Waals surface area contributed by atoms with Gasteiger partial charge in [0.25, 0.3) is 0 Å². The van der Waals surface area contributed by atoms with Crippen LogP contribution in [0.3, 0.4) is 0 Å². The third-order valence-electron chi connectivity index (χ3n) is 12.1. The van der Waals surface area contributed by atoms with Gasteiger partial charge in [-0.3, -0.25) is 9.55 Å². The number of nitrogens with zero attached hydrogens (tertiary/aromatic N) is 3. The number of fused-ring (bicyclic) bond motifs is 1. The number of hydrogen-bond acceptors (Lipinski definition) is 3. The number of hydrogen-bond donors (Lipinski definition) is 1. The van der Waals surface area contributed by atoms with Gasteiger partial charge in [-0.1, -0.05) is 174 Å². The van der Waals surface area contributed by atoms with E-state index in [1.807, 2.05) is 12.3 Å². The maximum absolute atomic E-state index is 12.5. The van der Waals surface area contributed by atoms with E-state index in [0.29, 0.717) is 5.82 Å². The molecule has 0 radical (unpaired) electrons. The maximum Gasteiger partial charge on any atom is 0.149 e. The number of phenolic OH excluding ortho intramolecular Hbond substituents is 1. The molecular weight excluding hydrogens is 755 g/mol. The van der Waals surface area contributed by atoms with Gasteiger partial charge in [-0.15, -0.1) is 0 Å². The average Bonchev–Trinajstić information content (AvgIpc) is 3.62. The van der Waals surface area contributed by atoms with Crippen LogP contribution in [0.5, 0.6) is 5.75 Å². The summed E-state index contributed by atoms with van der Waals surface area (Å²) in [7, 11) is 0. The normalized spacial score (nSPS) is 12.6. The Morgan fingerprint density at radius 3 is 1.63 bits per heavy atom. The monoisotopic (exact) mass is 815 g/mol. The Kier molecular flexibility index (Phi) is 10.7. The Labute approximate surface area is 369 Å². The summed E-state index contributed by atoms with van der Waals surface area (Å²) in [5, 5.41) is 12.5. The second kappa shape index (κ2) is 15.6. The smallest absolute Gasteiger partial charge is 0.149 e. The van der Waals surface area contributed by atoms with E-state index in [2.05, 4.69) is 221 Å². The molecule has 0 spiro atoms. The van der Waals surface area contributed by atoms with E-state index in [1.165, 1.54) is 11.1 Å². The molecule has 4 heteroatoms. The van der Waals surface area contributed by atoms with Crippen molar-refractivity contribution in [3.8, 4) is 67.5 Å². The molecule has 62 heavy (non-hydrogen) atoms. The number of aromatic hydroxyl groups is 1. The standard InChI is InChI=1S/C58H61N3O/c1-55(2,3)43-26-27-50(47(35-43)57(7,8)9)61-51-25-19-24-45(52(51)60-54(61)46-34-44(56(4,5)6)36-48(53(46)62)58(10,11)12)41-30-40(38-22-17-14-18-23-38)31-42(32-41)49-33-39(28-29-59-49)37-20-15-13-16-21-37/h13-36,62H,1-12H3. The molecule has 8 rings (SSSR count). The van der Waals surface area contributed by atoms with Gasteiger partial charge in [0.05, 0.1) is 28.0 Å². The van der Waals surface area contributed by atoms with Crippen molar-refractivity contribution in [1.29, 1.82) is 0 Å². The van der Waals surface area contributed by atoms with Crippen LogP contribution in [0.25, 0.3) is 72.7 Å². The lowest BCUT2D eigenvalue weighted by molar-refractivity contribution is 0.446. The highest BCUT2D eigenvalue weighted by atomic mass is 16.3. The predicted octanol–water partition coefficient (Wildman–Crippen LogP) is 15.7. The van der Waals surface area contributed by atoms with Gasteiger partial charge >= 0.3 is 0 Å². The van der Waals surface area contributed by atoms with E-state index < -0.39 is 0 Å². The van der Waals surface area contributed by atoms with Crippen LogP contribution in [0.15, 0.2) is 146 Å². The quantitative estimate of drug-likeness (QED) is 0.182. The molecule has 314 valence electrons. The molecule has 8 aromatic rings. The summed E-state index contributed by atoms with van der Waals surface area (Å²) >= 11 is 0. The van der Waals surface area contributed by atoms with Gasteiger partial charge in [0.2, 0.25) is 0 Å². The SMILES string of the molecule is CC(C)(C)c1ccc(-n2c(-c3cc(C(C)(C)C)cc(C(C)(C)C)c3O)nc3c(-c4cc(-c5ccccc5)cc(-c5cc(-c6ccccc6)ccn5)c4)cccc32)c(C(C)(C)C)c1. The third-order valence-corrected chi connectivity index (χ3v) is 12.1. The van der Waals surface area contributed by atoms with Gasteiger partial charge in [0, 0.05) is 22.9 Å². The first-order chi connectivity index (χ1) is 29.2. The zero-order chi connectivity index (χ0) is 44.4. The van der Waals surface area contributed by atoms with Crippen molar-refractivity contribution in [2.24, 2.45) is 0 Å². The minimum atomic E-state index is -0.312. The van der Waals surface area contributed by atoms with Gasteiger partial charge in [-0.05, 0) is 115 Å². The summed E-state index contributed by atoms with van der Waals surface area (Å²) in [6, 6.07) is 49.9. The van der Waals surface area contributed by atoms with Gasteiger partial charge < -0.3 is 5.11 Å². The van der Waals surface area contributed by atoms with Crippen molar-refractivity contribution in [2.45, 2.75) is 105 Å². The van der Waals surface area contributed by atoms with E-state index in [4.69, 9.17) is 9.97 Å². The lowest BCUT2D eigenvalue weighted by Crippen LogP contribution is -2.19. The van der Waals surface area contributed by atoms with E-state index in [0.717, 1.165) is 78.0 Å². The van der Waals surface area contributed by atoms with Crippen molar-refractivity contribution >= 4 is 11.0 Å². The molecule has 6 aromatic carbocycles. The first-order valence-corrected chi connectivity index (χ1v) is 22.0. The fourth-order valence-electron chi connectivity index (χ4n) is 8.49. The lowest BCUT2D eigenvalue weighted by Gasteiger charge is -2.29. The topological polar surface area (TPSA) is 50.9 Å². The van der Waals surface area contributed by atoms with E-state index in [1.54, 1.807) is 0 Å². The highest BCUT2D eigenvalue weighted by molar-refractivity contribution is 5.98. The molecule has 1 N–H and O–H groups in total. The minimum absolute atomic E-state index is 0.0383. The second-order valence-corrected chi connectivity index (χ2v) is 21.1. The van der Waals surface area contributed by atoms with Crippen molar-refractivity contribution in [3.63, 3.8) is 0 Å². The second-order valence-electron chi connectivity index (χ2n) is 21.1. The number of pyridine rings is 1. The molecule has 0 unspecified atom stereocenters. The molecule has 0 atom stereocenters. The highest BCUT2D eigenvalue weighted by Crippen LogP contribution is 2.46. The Hall–Kier alpha value is -6.26. The van der Waals surface area contributed by atoms with Crippen LogP contribution in [0.1, 0.15) is 105 Å². The Morgan fingerprint density at radius 2 is 1.02 bits per heavy atom. The van der Waals surface area contributed by atoms with E-state index >= 15 is 0 Å². The Balaban J connectivity index is 1.46. The summed E-state index contributed by atoms with van der Waals surface area (Å²) in [5.74, 6) is 0.984. The van der Waals surface area contributed by atoms with Crippen molar-refractivity contribution in [3.05, 3.63) is 168 Å². The van der Waals surface area contributed by atoms with E-state index in [9.17, 15) is 5.11 Å². The molecule has 4 nitrogen and oxygen atoms in total. The maximum atomic E-state index is 12.5. The van der Waals surface area contributed by atoms with Crippen LogP contribution in [0.2, 0.25) is 0 Å². The van der Waals surface area contributed by atoms with Gasteiger partial charge in [0.15, 0.2) is 0 Å². The van der Waals surface area contributed by atoms with Crippen LogP contribution in [-0.2, 0) is 21.7 Å². The fourth-order valence-corrected chi connectivity index (χ4v) is 8.49. The summed E-state index contributed by atoms with van der Waals surface area (Å²) in [5.41, 5.74) is 15.9. The van der Waals surface area contributed by atoms with Crippen LogP contribution >= 0.6 is 0 Å². The summed E-state index contributed by atoms with van der Waals surface area (Å²) in [6.07, 6.45) is 1.91. The highest BCUT2D eigenvalue weighted by Gasteiger charge is 2.31. The van der Waals surface area contributed by atoms with Crippen LogP contribution in [0.4, 0.5) is 0 Å². The van der Waals surface area contributed by atoms with Crippen molar-refractivity contribution in [2.75, 3.05) is 0 Å². The number of benzene rings is 6. The molecule has 0 amide bonds. The molecule has 0 aliphatic carbocycles. The number of rotatable bonds is 6.